The zero-order chi connectivity index (χ0) is 24.5. The second-order valence-corrected chi connectivity index (χ2v) is 7.53. The van der Waals surface area contributed by atoms with Gasteiger partial charge in [-0.25, -0.2) is 9.82 Å². The van der Waals surface area contributed by atoms with E-state index in [0.717, 1.165) is 16.7 Å². The Morgan fingerprint density at radius 3 is 2.41 bits per heavy atom. The summed E-state index contributed by atoms with van der Waals surface area (Å²) in [5.74, 6) is -1.01. The minimum atomic E-state index is -0.888. The number of carbonyl (C=O) groups is 2. The normalized spacial score (nSPS) is 10.7. The molecule has 3 aromatic rings. The van der Waals surface area contributed by atoms with Crippen molar-refractivity contribution in [2.24, 2.45) is 5.10 Å². The predicted molar refractivity (Wildman–Crippen MR) is 129 cm³/mol. The summed E-state index contributed by atoms with van der Waals surface area (Å²) in [7, 11) is 0. The second-order valence-electron chi connectivity index (χ2n) is 7.53. The molecule has 0 aromatic heterocycles. The molecule has 0 aliphatic rings. The summed E-state index contributed by atoms with van der Waals surface area (Å²) >= 11 is 0. The average molecular weight is 464 g/mol. The summed E-state index contributed by atoms with van der Waals surface area (Å²) in [5.41, 5.74) is 6.14. The molecule has 0 spiro atoms. The Labute approximate surface area is 197 Å². The van der Waals surface area contributed by atoms with E-state index in [9.17, 15) is 14.0 Å². The number of rotatable bonds is 8. The van der Waals surface area contributed by atoms with Crippen molar-refractivity contribution in [2.45, 2.75) is 27.4 Å². The molecule has 2 amide bonds. The maximum absolute atomic E-state index is 13.1. The van der Waals surface area contributed by atoms with Gasteiger partial charge in [0.25, 0.3) is 0 Å². The highest BCUT2D eigenvalue weighted by atomic mass is 19.1. The number of nitrogens with one attached hydrogen (secondary N) is 2. The highest BCUT2D eigenvalue weighted by Gasteiger charge is 2.14. The molecule has 34 heavy (non-hydrogen) atoms. The van der Waals surface area contributed by atoms with Gasteiger partial charge in [-0.15, -0.1) is 0 Å². The van der Waals surface area contributed by atoms with E-state index in [1.807, 2.05) is 32.9 Å². The Morgan fingerprint density at radius 1 is 0.941 bits per heavy atom. The van der Waals surface area contributed by atoms with Crippen molar-refractivity contribution in [3.63, 3.8) is 0 Å². The number of anilines is 1. The van der Waals surface area contributed by atoms with Crippen molar-refractivity contribution in [3.8, 4) is 11.5 Å². The number of carbonyl (C=O) groups excluding carboxylic acids is 2. The molecule has 2 N–H and O–H groups in total. The quantitative estimate of drug-likeness (QED) is 0.292. The highest BCUT2D eigenvalue weighted by Crippen LogP contribution is 2.29. The summed E-state index contributed by atoms with van der Waals surface area (Å²) in [5, 5.41) is 6.42. The minimum absolute atomic E-state index is 0.249. The third-order valence-electron chi connectivity index (χ3n) is 4.79. The third kappa shape index (κ3) is 6.90. The monoisotopic (exact) mass is 463 g/mol. The number of ether oxygens (including phenoxy) is 2. The number of aryl methyl sites for hydroxylation is 2. The van der Waals surface area contributed by atoms with Crippen LogP contribution in [-0.4, -0.2) is 24.6 Å². The van der Waals surface area contributed by atoms with Crippen molar-refractivity contribution in [1.82, 2.24) is 5.43 Å². The number of amides is 2. The second kappa shape index (κ2) is 11.6. The molecule has 0 aliphatic carbocycles. The van der Waals surface area contributed by atoms with E-state index in [2.05, 4.69) is 15.8 Å². The van der Waals surface area contributed by atoms with Crippen LogP contribution >= 0.6 is 0 Å². The van der Waals surface area contributed by atoms with Crippen LogP contribution in [0.5, 0.6) is 11.5 Å². The Bertz CT molecular complexity index is 1190. The van der Waals surface area contributed by atoms with E-state index >= 15 is 0 Å². The number of hydrazone groups is 1. The first-order valence-corrected chi connectivity index (χ1v) is 10.7. The smallest absolute Gasteiger partial charge is 0.329 e. The molecule has 0 atom stereocenters. The molecule has 176 valence electrons. The van der Waals surface area contributed by atoms with E-state index in [1.165, 1.54) is 18.3 Å². The van der Waals surface area contributed by atoms with Crippen molar-refractivity contribution in [1.29, 1.82) is 0 Å². The van der Waals surface area contributed by atoms with Crippen LogP contribution in [0.2, 0.25) is 0 Å². The largest absolute Gasteiger partial charge is 0.490 e. The molecule has 3 aromatic carbocycles. The van der Waals surface area contributed by atoms with Crippen molar-refractivity contribution < 1.29 is 23.5 Å². The fourth-order valence-electron chi connectivity index (χ4n) is 3.08. The molecule has 0 radical (unpaired) electrons. The molecule has 7 nitrogen and oxygen atoms in total. The summed E-state index contributed by atoms with van der Waals surface area (Å²) in [6.45, 7) is 6.31. The van der Waals surface area contributed by atoms with Gasteiger partial charge in [-0.2, -0.15) is 5.10 Å². The zero-order valence-corrected chi connectivity index (χ0v) is 19.2. The lowest BCUT2D eigenvalue weighted by Gasteiger charge is -2.12. The first-order chi connectivity index (χ1) is 16.4. The van der Waals surface area contributed by atoms with Gasteiger partial charge < -0.3 is 14.8 Å². The summed E-state index contributed by atoms with van der Waals surface area (Å²) < 4.78 is 24.5. The van der Waals surface area contributed by atoms with Crippen LogP contribution in [0.1, 0.15) is 29.2 Å². The number of benzene rings is 3. The molecule has 0 fully saturated rings. The fourth-order valence-corrected chi connectivity index (χ4v) is 3.08. The van der Waals surface area contributed by atoms with E-state index < -0.39 is 11.8 Å². The Morgan fingerprint density at radius 2 is 1.71 bits per heavy atom. The van der Waals surface area contributed by atoms with Crippen molar-refractivity contribution >= 4 is 23.7 Å². The lowest BCUT2D eigenvalue weighted by molar-refractivity contribution is -0.136. The summed E-state index contributed by atoms with van der Waals surface area (Å²) in [6.07, 6.45) is 1.40. The van der Waals surface area contributed by atoms with Gasteiger partial charge in [0.1, 0.15) is 12.4 Å². The number of halogens is 1. The zero-order valence-electron chi connectivity index (χ0n) is 19.2. The highest BCUT2D eigenvalue weighted by molar-refractivity contribution is 6.39. The maximum atomic E-state index is 13.1. The van der Waals surface area contributed by atoms with Crippen molar-refractivity contribution in [3.05, 3.63) is 88.7 Å². The molecule has 0 heterocycles. The van der Waals surface area contributed by atoms with Crippen LogP contribution in [0.15, 0.2) is 65.8 Å². The standard InChI is InChI=1S/C26H26FN3O4/c1-4-33-24-14-20(8-12-23(24)34-16-19-6-9-21(27)10-7-19)15-28-30-26(32)25(31)29-22-11-5-17(2)13-18(22)3/h5-15H,4,16H2,1-3H3,(H,29,31)(H,30,32)/b28-15+. The summed E-state index contributed by atoms with van der Waals surface area (Å²) in [6, 6.07) is 16.7. The molecule has 0 aliphatic heterocycles. The fraction of sp³-hybridized carbons (Fsp3) is 0.192. The van der Waals surface area contributed by atoms with Crippen LogP contribution in [0.25, 0.3) is 0 Å². The molecular weight excluding hydrogens is 437 g/mol. The van der Waals surface area contributed by atoms with Gasteiger partial charge in [0.05, 0.1) is 12.8 Å². The molecule has 0 bridgehead atoms. The van der Waals surface area contributed by atoms with Crippen LogP contribution in [-0.2, 0) is 16.2 Å². The molecular formula is C26H26FN3O4. The number of hydrogen-bond donors (Lipinski definition) is 2. The van der Waals surface area contributed by atoms with Crippen molar-refractivity contribution in [2.75, 3.05) is 11.9 Å². The lowest BCUT2D eigenvalue weighted by atomic mass is 10.1. The molecule has 0 unspecified atom stereocenters. The average Bonchev–Trinajstić information content (AvgIpc) is 2.81. The maximum Gasteiger partial charge on any atom is 0.329 e. The number of nitrogens with zero attached hydrogens (tertiary/aromatic N) is 1. The molecule has 8 heteroatoms. The number of hydrogen-bond acceptors (Lipinski definition) is 5. The third-order valence-corrected chi connectivity index (χ3v) is 4.79. The van der Waals surface area contributed by atoms with Gasteiger partial charge in [-0.3, -0.25) is 9.59 Å². The first kappa shape index (κ1) is 24.4. The van der Waals surface area contributed by atoms with Gasteiger partial charge >= 0.3 is 11.8 Å². The molecule has 0 saturated carbocycles. The van der Waals surface area contributed by atoms with E-state index in [-0.39, 0.29) is 12.4 Å². The van der Waals surface area contributed by atoms with Gasteiger partial charge in [-0.05, 0) is 73.9 Å². The van der Waals surface area contributed by atoms with Gasteiger partial charge in [0, 0.05) is 5.69 Å². The van der Waals surface area contributed by atoms with Crippen LogP contribution in [0.3, 0.4) is 0 Å². The van der Waals surface area contributed by atoms with Crippen LogP contribution < -0.4 is 20.2 Å². The minimum Gasteiger partial charge on any atom is -0.490 e. The van der Waals surface area contributed by atoms with Gasteiger partial charge in [-0.1, -0.05) is 29.8 Å². The summed E-state index contributed by atoms with van der Waals surface area (Å²) in [4.78, 5) is 24.2. The van der Waals surface area contributed by atoms with Gasteiger partial charge in [0.15, 0.2) is 11.5 Å². The van der Waals surface area contributed by atoms with Gasteiger partial charge in [0.2, 0.25) is 0 Å². The first-order valence-electron chi connectivity index (χ1n) is 10.7. The Balaban J connectivity index is 1.59. The predicted octanol–water partition coefficient (Wildman–Crippen LogP) is 4.51. The topological polar surface area (TPSA) is 89.0 Å². The molecule has 0 saturated heterocycles. The van der Waals surface area contributed by atoms with Crippen LogP contribution in [0, 0.1) is 19.7 Å². The van der Waals surface area contributed by atoms with E-state index in [1.54, 1.807) is 36.4 Å². The Hall–Kier alpha value is -4.20. The Kier molecular flexibility index (Phi) is 8.34. The SMILES string of the molecule is CCOc1cc(/C=N/NC(=O)C(=O)Nc2ccc(C)cc2C)ccc1OCc1ccc(F)cc1. The van der Waals surface area contributed by atoms with Crippen LogP contribution in [0.4, 0.5) is 10.1 Å². The lowest BCUT2D eigenvalue weighted by Crippen LogP contribution is -2.32. The van der Waals surface area contributed by atoms with E-state index in [0.29, 0.717) is 29.4 Å². The molecule has 3 rings (SSSR count). The van der Waals surface area contributed by atoms with E-state index in [4.69, 9.17) is 9.47 Å².